The van der Waals surface area contributed by atoms with E-state index in [0.29, 0.717) is 45.0 Å². The molecule has 0 atom stereocenters. The van der Waals surface area contributed by atoms with Crippen LogP contribution in [0.2, 0.25) is 10.2 Å². The number of rotatable bonds is 5. The van der Waals surface area contributed by atoms with Gasteiger partial charge in [-0.15, -0.1) is 0 Å². The Kier molecular flexibility index (Phi) is 4.78. The van der Waals surface area contributed by atoms with E-state index in [1.807, 2.05) is 16.8 Å². The van der Waals surface area contributed by atoms with Gasteiger partial charge >= 0.3 is 0 Å². The molecule has 0 fully saturated rings. The van der Waals surface area contributed by atoms with E-state index >= 15 is 0 Å². The van der Waals surface area contributed by atoms with Crippen molar-refractivity contribution in [2.75, 3.05) is 27.1 Å². The van der Waals surface area contributed by atoms with Crippen molar-refractivity contribution >= 4 is 40.2 Å². The predicted molar refractivity (Wildman–Crippen MR) is 97.2 cm³/mol. The quantitative estimate of drug-likeness (QED) is 0.680. The summed E-state index contributed by atoms with van der Waals surface area (Å²) in [6.45, 7) is 0.409. The molecule has 0 aliphatic carbocycles. The first-order valence-electron chi connectivity index (χ1n) is 7.25. The fourth-order valence-corrected chi connectivity index (χ4v) is 3.15. The lowest BCUT2D eigenvalue weighted by atomic mass is 10.1. The fourth-order valence-electron chi connectivity index (χ4n) is 2.64. The maximum absolute atomic E-state index is 6.50. The van der Waals surface area contributed by atoms with Crippen molar-refractivity contribution < 1.29 is 14.2 Å². The van der Waals surface area contributed by atoms with Crippen LogP contribution in [0, 0.1) is 0 Å². The van der Waals surface area contributed by atoms with Gasteiger partial charge in [0.2, 0.25) is 11.7 Å². The third kappa shape index (κ3) is 3.01. The molecule has 9 heteroatoms. The molecule has 0 saturated heterocycles. The average Bonchev–Trinajstić information content (AvgIpc) is 2.99. The third-order valence-corrected chi connectivity index (χ3v) is 4.48. The molecule has 2 N–H and O–H groups in total. The van der Waals surface area contributed by atoms with E-state index in [0.717, 1.165) is 5.56 Å². The van der Waals surface area contributed by atoms with Gasteiger partial charge < -0.3 is 24.5 Å². The standard InChI is InChI=1S/C16H16Cl2N4O3/c1-23-10-6-8(11(17)13(25-3)12(10)24-2)7-22-5-4-9-14(18)20-16(19)21-15(9)22/h4-6H,7H2,1-3H3,(H2,19,20,21). The van der Waals surface area contributed by atoms with E-state index in [9.17, 15) is 0 Å². The van der Waals surface area contributed by atoms with Crippen LogP contribution in [-0.2, 0) is 6.54 Å². The first-order chi connectivity index (χ1) is 12.0. The zero-order valence-electron chi connectivity index (χ0n) is 13.8. The Balaban J connectivity index is 2.12. The molecule has 7 nitrogen and oxygen atoms in total. The van der Waals surface area contributed by atoms with Crippen molar-refractivity contribution in [3.63, 3.8) is 0 Å². The van der Waals surface area contributed by atoms with E-state index in [2.05, 4.69) is 9.97 Å². The number of nitrogens with two attached hydrogens (primary N) is 1. The minimum absolute atomic E-state index is 0.105. The molecule has 3 rings (SSSR count). The Bertz CT molecular complexity index is 943. The molecule has 0 aliphatic rings. The number of nitrogen functional groups attached to an aromatic ring is 1. The molecule has 0 unspecified atom stereocenters. The van der Waals surface area contributed by atoms with Gasteiger partial charge in [0.05, 0.1) is 38.3 Å². The summed E-state index contributed by atoms with van der Waals surface area (Å²) in [5.74, 6) is 1.46. The lowest BCUT2D eigenvalue weighted by molar-refractivity contribution is 0.324. The fraction of sp³-hybridized carbons (Fsp3) is 0.250. The van der Waals surface area contributed by atoms with E-state index < -0.39 is 0 Å². The van der Waals surface area contributed by atoms with Crippen molar-refractivity contribution in [3.8, 4) is 17.2 Å². The molecule has 25 heavy (non-hydrogen) atoms. The van der Waals surface area contributed by atoms with Crippen molar-refractivity contribution in [2.24, 2.45) is 0 Å². The molecule has 0 bridgehead atoms. The van der Waals surface area contributed by atoms with Gasteiger partial charge in [0.25, 0.3) is 0 Å². The van der Waals surface area contributed by atoms with E-state index in [1.165, 1.54) is 14.2 Å². The first kappa shape index (κ1) is 17.4. The van der Waals surface area contributed by atoms with Gasteiger partial charge in [0, 0.05) is 6.20 Å². The van der Waals surface area contributed by atoms with Crippen LogP contribution in [0.25, 0.3) is 11.0 Å². The Labute approximate surface area is 154 Å². The zero-order chi connectivity index (χ0) is 18.1. The van der Waals surface area contributed by atoms with Gasteiger partial charge in [-0.2, -0.15) is 4.98 Å². The highest BCUT2D eigenvalue weighted by atomic mass is 35.5. The number of benzene rings is 1. The zero-order valence-corrected chi connectivity index (χ0v) is 15.4. The molecular weight excluding hydrogens is 367 g/mol. The summed E-state index contributed by atoms with van der Waals surface area (Å²) < 4.78 is 18.0. The molecule has 0 aliphatic heterocycles. The molecule has 0 radical (unpaired) electrons. The molecule has 132 valence electrons. The number of methoxy groups -OCH3 is 3. The number of ether oxygens (including phenoxy) is 3. The number of hydrogen-bond acceptors (Lipinski definition) is 6. The molecular formula is C16H16Cl2N4O3. The molecule has 0 spiro atoms. The summed E-state index contributed by atoms with van der Waals surface area (Å²) in [4.78, 5) is 8.21. The summed E-state index contributed by atoms with van der Waals surface area (Å²) >= 11 is 12.6. The normalized spacial score (nSPS) is 10.9. The molecule has 1 aromatic carbocycles. The summed E-state index contributed by atoms with van der Waals surface area (Å²) in [6, 6.07) is 3.62. The van der Waals surface area contributed by atoms with Crippen LogP contribution in [0.1, 0.15) is 5.56 Å². The Morgan fingerprint density at radius 2 is 1.80 bits per heavy atom. The minimum Gasteiger partial charge on any atom is -0.493 e. The highest BCUT2D eigenvalue weighted by Gasteiger charge is 2.20. The Hall–Kier alpha value is -2.38. The second-order valence-corrected chi connectivity index (χ2v) is 5.91. The largest absolute Gasteiger partial charge is 0.493 e. The van der Waals surface area contributed by atoms with Crippen LogP contribution in [0.15, 0.2) is 18.3 Å². The van der Waals surface area contributed by atoms with Gasteiger partial charge in [-0.1, -0.05) is 23.2 Å². The van der Waals surface area contributed by atoms with Gasteiger partial charge in [0.15, 0.2) is 11.5 Å². The van der Waals surface area contributed by atoms with Crippen LogP contribution in [0.5, 0.6) is 17.2 Å². The van der Waals surface area contributed by atoms with E-state index in [4.69, 9.17) is 43.1 Å². The highest BCUT2D eigenvalue weighted by molar-refractivity contribution is 6.34. The number of aromatic nitrogens is 3. The summed E-state index contributed by atoms with van der Waals surface area (Å²) in [7, 11) is 4.59. The smallest absolute Gasteiger partial charge is 0.223 e. The van der Waals surface area contributed by atoms with Crippen LogP contribution in [0.3, 0.4) is 0 Å². The second kappa shape index (κ2) is 6.85. The van der Waals surface area contributed by atoms with E-state index in [1.54, 1.807) is 13.2 Å². The molecule has 0 amide bonds. The van der Waals surface area contributed by atoms with Gasteiger partial charge in [-0.3, -0.25) is 0 Å². The first-order valence-corrected chi connectivity index (χ1v) is 8.01. The van der Waals surface area contributed by atoms with Crippen LogP contribution in [0.4, 0.5) is 5.95 Å². The van der Waals surface area contributed by atoms with Gasteiger partial charge in [0.1, 0.15) is 10.8 Å². The number of fused-ring (bicyclic) bond motifs is 1. The molecule has 3 aromatic rings. The molecule has 0 saturated carbocycles. The number of anilines is 1. The second-order valence-electron chi connectivity index (χ2n) is 5.17. The Morgan fingerprint density at radius 1 is 1.08 bits per heavy atom. The minimum atomic E-state index is 0.105. The Morgan fingerprint density at radius 3 is 2.44 bits per heavy atom. The summed E-state index contributed by atoms with van der Waals surface area (Å²) in [5.41, 5.74) is 7.08. The lowest BCUT2D eigenvalue weighted by Gasteiger charge is -2.17. The lowest BCUT2D eigenvalue weighted by Crippen LogP contribution is -2.05. The van der Waals surface area contributed by atoms with Crippen molar-refractivity contribution in [2.45, 2.75) is 6.54 Å². The van der Waals surface area contributed by atoms with Gasteiger partial charge in [-0.05, 0) is 17.7 Å². The maximum atomic E-state index is 6.50. The third-order valence-electron chi connectivity index (χ3n) is 3.77. The van der Waals surface area contributed by atoms with Crippen molar-refractivity contribution in [3.05, 3.63) is 34.1 Å². The number of nitrogens with zero attached hydrogens (tertiary/aromatic N) is 3. The number of hydrogen-bond donors (Lipinski definition) is 1. The molecule has 2 aromatic heterocycles. The van der Waals surface area contributed by atoms with Crippen LogP contribution >= 0.6 is 23.2 Å². The topological polar surface area (TPSA) is 84.4 Å². The monoisotopic (exact) mass is 382 g/mol. The predicted octanol–water partition coefficient (Wildman–Crippen LogP) is 3.39. The SMILES string of the molecule is COc1cc(Cn2ccc3c(Cl)nc(N)nc32)c(Cl)c(OC)c1OC. The summed E-state index contributed by atoms with van der Waals surface area (Å²) in [5, 5.41) is 1.44. The van der Waals surface area contributed by atoms with Crippen LogP contribution in [-0.4, -0.2) is 35.9 Å². The number of halogens is 2. The van der Waals surface area contributed by atoms with Crippen molar-refractivity contribution in [1.29, 1.82) is 0 Å². The van der Waals surface area contributed by atoms with Crippen LogP contribution < -0.4 is 19.9 Å². The summed E-state index contributed by atoms with van der Waals surface area (Å²) in [6.07, 6.45) is 1.84. The van der Waals surface area contributed by atoms with E-state index in [-0.39, 0.29) is 5.95 Å². The highest BCUT2D eigenvalue weighted by Crippen LogP contribution is 2.45. The average molecular weight is 383 g/mol. The molecule has 2 heterocycles. The van der Waals surface area contributed by atoms with Gasteiger partial charge in [-0.25, -0.2) is 4.98 Å². The van der Waals surface area contributed by atoms with Crippen molar-refractivity contribution in [1.82, 2.24) is 14.5 Å². The maximum Gasteiger partial charge on any atom is 0.223 e.